The molecule has 8 heteroatoms. The highest BCUT2D eigenvalue weighted by molar-refractivity contribution is 6.06. The highest BCUT2D eigenvalue weighted by atomic mass is 16.4. The molecule has 0 unspecified atom stereocenters. The Kier molecular flexibility index (Phi) is 6.48. The van der Waals surface area contributed by atoms with Crippen LogP contribution in [0, 0.1) is 11.8 Å². The number of carboxylic acid groups (broad SMARTS) is 1. The number of nitrogen functional groups attached to an aromatic ring is 1. The van der Waals surface area contributed by atoms with E-state index in [0.29, 0.717) is 22.2 Å². The summed E-state index contributed by atoms with van der Waals surface area (Å²) in [7, 11) is 1.73. The van der Waals surface area contributed by atoms with Gasteiger partial charge in [-0.2, -0.15) is 0 Å². The predicted molar refractivity (Wildman–Crippen MR) is 130 cm³/mol. The topological polar surface area (TPSA) is 121 Å². The van der Waals surface area contributed by atoms with E-state index in [1.54, 1.807) is 36.5 Å². The average molecular weight is 451 g/mol. The quantitative estimate of drug-likeness (QED) is 0.185. The van der Waals surface area contributed by atoms with Crippen LogP contribution in [0.1, 0.15) is 21.5 Å². The van der Waals surface area contributed by atoms with Gasteiger partial charge < -0.3 is 10.0 Å². The number of carbonyl (C=O) groups is 2. The van der Waals surface area contributed by atoms with Crippen LogP contribution >= 0.6 is 0 Å². The molecule has 0 aliphatic carbocycles. The fourth-order valence-electron chi connectivity index (χ4n) is 3.44. The van der Waals surface area contributed by atoms with Gasteiger partial charge in [-0.25, -0.2) is 10.8 Å². The van der Waals surface area contributed by atoms with Crippen LogP contribution in [0.4, 0.5) is 5.69 Å². The van der Waals surface area contributed by atoms with Crippen molar-refractivity contribution in [1.82, 2.24) is 15.4 Å². The van der Waals surface area contributed by atoms with Gasteiger partial charge in [-0.1, -0.05) is 24.0 Å². The van der Waals surface area contributed by atoms with Crippen LogP contribution in [-0.4, -0.2) is 40.5 Å². The molecular weight excluding hydrogens is 430 g/mol. The minimum absolute atomic E-state index is 0.0707. The minimum Gasteiger partial charge on any atom is -0.480 e. The molecule has 0 fully saturated rings. The molecule has 4 rings (SSSR count). The third-order valence-electron chi connectivity index (χ3n) is 5.20. The Morgan fingerprint density at radius 2 is 1.68 bits per heavy atom. The number of carbonyl (C=O) groups excluding carboxylic acids is 1. The fraction of sp³-hybridized carbons (Fsp3) is 0.0769. The first-order valence-corrected chi connectivity index (χ1v) is 10.4. The fourth-order valence-corrected chi connectivity index (χ4v) is 3.44. The number of pyridine rings is 2. The van der Waals surface area contributed by atoms with Crippen LogP contribution in [0.15, 0.2) is 73.1 Å². The molecule has 8 nitrogen and oxygen atoms in total. The number of fused-ring (bicyclic) bond motifs is 1. The Hall–Kier alpha value is -4.74. The zero-order valence-electron chi connectivity index (χ0n) is 18.3. The van der Waals surface area contributed by atoms with Crippen LogP contribution in [0.3, 0.4) is 0 Å². The normalized spacial score (nSPS) is 10.3. The summed E-state index contributed by atoms with van der Waals surface area (Å²) >= 11 is 0. The number of nitrogens with one attached hydrogen (secondary N) is 1. The van der Waals surface area contributed by atoms with Gasteiger partial charge in [0.1, 0.15) is 6.54 Å². The van der Waals surface area contributed by atoms with Crippen LogP contribution in [0.2, 0.25) is 0 Å². The average Bonchev–Trinajstić information content (AvgIpc) is 2.86. The van der Waals surface area contributed by atoms with Crippen LogP contribution < -0.4 is 16.2 Å². The van der Waals surface area contributed by atoms with Crippen molar-refractivity contribution in [3.05, 3.63) is 89.7 Å². The molecule has 0 radical (unpaired) electrons. The van der Waals surface area contributed by atoms with Crippen molar-refractivity contribution in [2.45, 2.75) is 0 Å². The molecular formula is C26H21N5O3. The van der Waals surface area contributed by atoms with Crippen LogP contribution in [-0.2, 0) is 4.79 Å². The lowest BCUT2D eigenvalue weighted by molar-refractivity contribution is -0.135. The number of carboxylic acids is 1. The standard InChI is InChI=1S/C26H21N5O3/c1-31(16-25(32)33)20-10-6-18(7-11-20)3-2-17-4-8-19(9-5-17)24-14-21(26(34)30-27)22-15-28-13-12-23(22)29-24/h4-15H,16,27H2,1H3,(H,30,34)(H,32,33). The second-order valence-electron chi connectivity index (χ2n) is 7.55. The summed E-state index contributed by atoms with van der Waals surface area (Å²) in [5, 5.41) is 9.53. The molecule has 34 heavy (non-hydrogen) atoms. The molecule has 2 heterocycles. The maximum atomic E-state index is 12.3. The van der Waals surface area contributed by atoms with E-state index in [2.05, 4.69) is 27.2 Å². The highest BCUT2D eigenvalue weighted by Crippen LogP contribution is 2.24. The minimum atomic E-state index is -0.885. The smallest absolute Gasteiger partial charge is 0.323 e. The number of nitrogens with zero attached hydrogens (tertiary/aromatic N) is 3. The van der Waals surface area contributed by atoms with E-state index >= 15 is 0 Å². The molecule has 2 aromatic heterocycles. The van der Waals surface area contributed by atoms with Gasteiger partial charge in [0.25, 0.3) is 5.91 Å². The van der Waals surface area contributed by atoms with Gasteiger partial charge in [0.2, 0.25) is 0 Å². The number of aliphatic carboxylic acids is 1. The summed E-state index contributed by atoms with van der Waals surface area (Å²) in [6.45, 7) is -0.0707. The number of likely N-dealkylation sites (N-methyl/N-ethyl adjacent to an activating group) is 1. The molecule has 4 N–H and O–H groups in total. The van der Waals surface area contributed by atoms with Crippen molar-refractivity contribution in [3.8, 4) is 23.1 Å². The molecule has 0 spiro atoms. The number of anilines is 1. The predicted octanol–water partition coefficient (Wildman–Crippen LogP) is 2.82. The van der Waals surface area contributed by atoms with E-state index in [4.69, 9.17) is 10.9 Å². The molecule has 0 saturated carbocycles. The maximum absolute atomic E-state index is 12.3. The first-order chi connectivity index (χ1) is 16.4. The summed E-state index contributed by atoms with van der Waals surface area (Å²) in [6, 6.07) is 18.4. The molecule has 1 amide bonds. The van der Waals surface area contributed by atoms with Gasteiger partial charge in [0.15, 0.2) is 0 Å². The van der Waals surface area contributed by atoms with Crippen molar-refractivity contribution >= 4 is 28.5 Å². The zero-order chi connectivity index (χ0) is 24.1. The Labute approximate surface area is 196 Å². The SMILES string of the molecule is CN(CC(=O)O)c1ccc(C#Cc2ccc(-c3cc(C(=O)NN)c4cnccc4n3)cc2)cc1. The lowest BCUT2D eigenvalue weighted by Gasteiger charge is -2.16. The first kappa shape index (κ1) is 22.5. The van der Waals surface area contributed by atoms with Crippen molar-refractivity contribution in [3.63, 3.8) is 0 Å². The van der Waals surface area contributed by atoms with Gasteiger partial charge in [-0.3, -0.25) is 20.0 Å². The van der Waals surface area contributed by atoms with Gasteiger partial charge >= 0.3 is 5.97 Å². The third kappa shape index (κ3) is 5.01. The van der Waals surface area contributed by atoms with Crippen molar-refractivity contribution in [2.75, 3.05) is 18.5 Å². The van der Waals surface area contributed by atoms with Crippen molar-refractivity contribution in [1.29, 1.82) is 0 Å². The first-order valence-electron chi connectivity index (χ1n) is 10.4. The van der Waals surface area contributed by atoms with Crippen molar-refractivity contribution in [2.24, 2.45) is 5.84 Å². The Morgan fingerprint density at radius 1 is 1.03 bits per heavy atom. The Morgan fingerprint density at radius 3 is 2.29 bits per heavy atom. The monoisotopic (exact) mass is 451 g/mol. The van der Waals surface area contributed by atoms with Gasteiger partial charge in [0, 0.05) is 47.2 Å². The van der Waals surface area contributed by atoms with Gasteiger partial charge in [-0.05, 0) is 48.5 Å². The van der Waals surface area contributed by atoms with E-state index in [0.717, 1.165) is 22.4 Å². The molecule has 0 aliphatic heterocycles. The zero-order valence-corrected chi connectivity index (χ0v) is 18.3. The molecule has 0 saturated heterocycles. The third-order valence-corrected chi connectivity index (χ3v) is 5.20. The number of hydrogen-bond acceptors (Lipinski definition) is 6. The number of aromatic nitrogens is 2. The summed E-state index contributed by atoms with van der Waals surface area (Å²) in [6.07, 6.45) is 3.21. The lowest BCUT2D eigenvalue weighted by atomic mass is 10.0. The molecule has 0 atom stereocenters. The van der Waals surface area contributed by atoms with E-state index in [9.17, 15) is 9.59 Å². The number of rotatable bonds is 5. The largest absolute Gasteiger partial charge is 0.480 e. The number of hydrogen-bond donors (Lipinski definition) is 3. The van der Waals surface area contributed by atoms with E-state index in [1.807, 2.05) is 48.5 Å². The van der Waals surface area contributed by atoms with Crippen LogP contribution in [0.25, 0.3) is 22.2 Å². The molecule has 168 valence electrons. The lowest BCUT2D eigenvalue weighted by Crippen LogP contribution is -2.30. The number of hydrazine groups is 1. The van der Waals surface area contributed by atoms with Crippen LogP contribution in [0.5, 0.6) is 0 Å². The highest BCUT2D eigenvalue weighted by Gasteiger charge is 2.13. The second kappa shape index (κ2) is 9.81. The Bertz CT molecular complexity index is 1420. The maximum Gasteiger partial charge on any atom is 0.323 e. The van der Waals surface area contributed by atoms with Crippen molar-refractivity contribution < 1.29 is 14.7 Å². The molecule has 4 aromatic rings. The Balaban J connectivity index is 1.56. The summed E-state index contributed by atoms with van der Waals surface area (Å²) in [5.74, 6) is 10.3. The number of nitrogens with two attached hydrogens (primary N) is 1. The number of benzene rings is 2. The van der Waals surface area contributed by atoms with E-state index < -0.39 is 11.9 Å². The van der Waals surface area contributed by atoms with Gasteiger partial charge in [0.05, 0.1) is 16.8 Å². The van der Waals surface area contributed by atoms with Gasteiger partial charge in [-0.15, -0.1) is 0 Å². The van der Waals surface area contributed by atoms with E-state index in [-0.39, 0.29) is 6.54 Å². The number of amides is 1. The summed E-state index contributed by atoms with van der Waals surface area (Å²) < 4.78 is 0. The van der Waals surface area contributed by atoms with E-state index in [1.165, 1.54) is 0 Å². The second-order valence-corrected chi connectivity index (χ2v) is 7.55. The molecule has 2 aromatic carbocycles. The summed E-state index contributed by atoms with van der Waals surface area (Å²) in [5.41, 5.74) is 7.13. The molecule has 0 aliphatic rings. The summed E-state index contributed by atoms with van der Waals surface area (Å²) in [4.78, 5) is 33.5. The molecule has 0 bridgehead atoms.